The number of halogens is 1. The van der Waals surface area contributed by atoms with E-state index in [1.54, 1.807) is 0 Å². The van der Waals surface area contributed by atoms with Crippen LogP contribution in [-0.4, -0.2) is 33.7 Å². The summed E-state index contributed by atoms with van der Waals surface area (Å²) in [7, 11) is -3.28. The number of nitrogens with zero attached hydrogens (tertiary/aromatic N) is 1. The van der Waals surface area contributed by atoms with Gasteiger partial charge in [0.05, 0.1) is 6.26 Å². The molecule has 100 valence electrons. The van der Waals surface area contributed by atoms with E-state index in [2.05, 4.69) is 4.72 Å². The molecule has 1 rings (SSSR count). The highest BCUT2D eigenvalue weighted by molar-refractivity contribution is 7.88. The number of amides is 1. The molecule has 1 N–H and O–H groups in total. The summed E-state index contributed by atoms with van der Waals surface area (Å²) in [6.07, 6.45) is 1.04. The Labute approximate surface area is 106 Å². The zero-order valence-electron chi connectivity index (χ0n) is 10.2. The number of carbonyl (C=O) groups excluding carboxylic acids is 1. The molecule has 0 fully saturated rings. The molecule has 0 aliphatic heterocycles. The summed E-state index contributed by atoms with van der Waals surface area (Å²) in [5.41, 5.74) is 0.527. The second-order valence-electron chi connectivity index (χ2n) is 3.81. The van der Waals surface area contributed by atoms with Crippen LogP contribution in [0.3, 0.4) is 0 Å². The third kappa shape index (κ3) is 4.80. The topological polar surface area (TPSA) is 66.5 Å². The first-order chi connectivity index (χ1) is 8.29. The molecular weight excluding hydrogens is 259 g/mol. The molecule has 1 aromatic rings. The second kappa shape index (κ2) is 5.92. The summed E-state index contributed by atoms with van der Waals surface area (Å²) in [5, 5.41) is 0. The maximum atomic E-state index is 12.8. The maximum Gasteiger partial charge on any atom is 0.223 e. The minimum absolute atomic E-state index is 0.107. The van der Waals surface area contributed by atoms with E-state index in [1.165, 1.54) is 36.1 Å². The van der Waals surface area contributed by atoms with E-state index < -0.39 is 15.8 Å². The molecule has 0 radical (unpaired) electrons. The average molecular weight is 274 g/mol. The second-order valence-corrected chi connectivity index (χ2v) is 5.65. The molecular formula is C11H15FN2O3S. The van der Waals surface area contributed by atoms with Gasteiger partial charge in [0.25, 0.3) is 0 Å². The van der Waals surface area contributed by atoms with Crippen LogP contribution in [0.5, 0.6) is 0 Å². The molecule has 1 amide bonds. The highest BCUT2D eigenvalue weighted by Crippen LogP contribution is 2.14. The zero-order chi connectivity index (χ0) is 13.8. The Bertz CT molecular complexity index is 514. The van der Waals surface area contributed by atoms with Crippen molar-refractivity contribution in [2.45, 2.75) is 6.92 Å². The lowest BCUT2D eigenvalue weighted by atomic mass is 10.2. The lowest BCUT2D eigenvalue weighted by molar-refractivity contribution is -0.116. The van der Waals surface area contributed by atoms with Crippen LogP contribution in [0.25, 0.3) is 0 Å². The predicted molar refractivity (Wildman–Crippen MR) is 67.3 cm³/mol. The monoisotopic (exact) mass is 274 g/mol. The van der Waals surface area contributed by atoms with E-state index >= 15 is 0 Å². The van der Waals surface area contributed by atoms with Crippen molar-refractivity contribution in [1.29, 1.82) is 0 Å². The van der Waals surface area contributed by atoms with E-state index in [-0.39, 0.29) is 19.0 Å². The smallest absolute Gasteiger partial charge is 0.223 e. The average Bonchev–Trinajstić information content (AvgIpc) is 2.24. The largest absolute Gasteiger partial charge is 0.311 e. The molecule has 1 aromatic carbocycles. The molecule has 5 nitrogen and oxygen atoms in total. The van der Waals surface area contributed by atoms with Crippen molar-refractivity contribution in [1.82, 2.24) is 4.72 Å². The molecule has 0 aliphatic rings. The van der Waals surface area contributed by atoms with Crippen molar-refractivity contribution in [2.24, 2.45) is 0 Å². The van der Waals surface area contributed by atoms with Gasteiger partial charge in [0.2, 0.25) is 15.9 Å². The molecule has 7 heteroatoms. The Morgan fingerprint density at radius 2 is 1.89 bits per heavy atom. The van der Waals surface area contributed by atoms with E-state index in [0.29, 0.717) is 5.69 Å². The fourth-order valence-electron chi connectivity index (χ4n) is 1.43. The number of hydrogen-bond acceptors (Lipinski definition) is 3. The van der Waals surface area contributed by atoms with Crippen molar-refractivity contribution in [3.8, 4) is 0 Å². The Kier molecular flexibility index (Phi) is 4.80. The fraction of sp³-hybridized carbons (Fsp3) is 0.364. The summed E-state index contributed by atoms with van der Waals surface area (Å²) >= 11 is 0. The first kappa shape index (κ1) is 14.6. The number of carbonyl (C=O) groups is 1. The van der Waals surface area contributed by atoms with Gasteiger partial charge < -0.3 is 4.90 Å². The van der Waals surface area contributed by atoms with E-state index in [9.17, 15) is 17.6 Å². The lowest BCUT2D eigenvalue weighted by Crippen LogP contribution is -2.37. The minimum atomic E-state index is -3.28. The van der Waals surface area contributed by atoms with Crippen LogP contribution in [0.15, 0.2) is 24.3 Å². The third-order valence-corrected chi connectivity index (χ3v) is 2.95. The Balaban J connectivity index is 2.72. The number of hydrogen-bond donors (Lipinski definition) is 1. The predicted octanol–water partition coefficient (Wildman–Crippen LogP) is 0.728. The van der Waals surface area contributed by atoms with Crippen molar-refractivity contribution in [2.75, 3.05) is 24.2 Å². The Hall–Kier alpha value is -1.47. The lowest BCUT2D eigenvalue weighted by Gasteiger charge is -2.21. The molecule has 0 aromatic heterocycles. The Morgan fingerprint density at radius 3 is 2.33 bits per heavy atom. The highest BCUT2D eigenvalue weighted by atomic mass is 32.2. The number of sulfonamides is 1. The Morgan fingerprint density at radius 1 is 1.33 bits per heavy atom. The van der Waals surface area contributed by atoms with Crippen molar-refractivity contribution in [3.63, 3.8) is 0 Å². The van der Waals surface area contributed by atoms with Gasteiger partial charge in [-0.15, -0.1) is 0 Å². The molecule has 0 aliphatic carbocycles. The first-order valence-electron chi connectivity index (χ1n) is 5.28. The van der Waals surface area contributed by atoms with Gasteiger partial charge in [-0.05, 0) is 24.3 Å². The quantitative estimate of drug-likeness (QED) is 0.860. The van der Waals surface area contributed by atoms with Crippen molar-refractivity contribution in [3.05, 3.63) is 30.1 Å². The maximum absolute atomic E-state index is 12.8. The fourth-order valence-corrected chi connectivity index (χ4v) is 1.89. The minimum Gasteiger partial charge on any atom is -0.311 e. The van der Waals surface area contributed by atoms with Gasteiger partial charge >= 0.3 is 0 Å². The van der Waals surface area contributed by atoms with Crippen LogP contribution in [0.1, 0.15) is 6.92 Å². The molecule has 0 unspecified atom stereocenters. The molecule has 0 bridgehead atoms. The normalized spacial score (nSPS) is 11.3. The molecule has 0 saturated heterocycles. The van der Waals surface area contributed by atoms with Crippen LogP contribution in [0, 0.1) is 5.82 Å². The number of rotatable bonds is 5. The van der Waals surface area contributed by atoms with Crippen molar-refractivity contribution < 1.29 is 17.6 Å². The molecule has 0 atom stereocenters. The van der Waals surface area contributed by atoms with Crippen molar-refractivity contribution >= 4 is 21.6 Å². The standard InChI is InChI=1S/C11H15FN2O3S/c1-9(15)14(8-7-13-18(2,16)17)11-5-3-10(12)4-6-11/h3-6,13H,7-8H2,1-2H3. The van der Waals surface area contributed by atoms with Crippen LogP contribution < -0.4 is 9.62 Å². The highest BCUT2D eigenvalue weighted by Gasteiger charge is 2.12. The van der Waals surface area contributed by atoms with Gasteiger partial charge in [-0.2, -0.15) is 0 Å². The van der Waals surface area contributed by atoms with E-state index in [1.807, 2.05) is 0 Å². The van der Waals surface area contributed by atoms with Crippen LogP contribution >= 0.6 is 0 Å². The van der Waals surface area contributed by atoms with Crippen LogP contribution in [0.4, 0.5) is 10.1 Å². The summed E-state index contributed by atoms with van der Waals surface area (Å²) in [6.45, 7) is 1.66. The summed E-state index contributed by atoms with van der Waals surface area (Å²) in [4.78, 5) is 12.8. The zero-order valence-corrected chi connectivity index (χ0v) is 11.0. The van der Waals surface area contributed by atoms with Gasteiger partial charge in [0, 0.05) is 25.7 Å². The molecule has 18 heavy (non-hydrogen) atoms. The molecule has 0 saturated carbocycles. The SMILES string of the molecule is CC(=O)N(CCNS(C)(=O)=O)c1ccc(F)cc1. The van der Waals surface area contributed by atoms with Gasteiger partial charge in [-0.1, -0.05) is 0 Å². The summed E-state index contributed by atoms with van der Waals surface area (Å²) in [5.74, 6) is -0.631. The van der Waals surface area contributed by atoms with Gasteiger partial charge in [-0.3, -0.25) is 4.79 Å². The van der Waals surface area contributed by atoms with Crippen LogP contribution in [-0.2, 0) is 14.8 Å². The van der Waals surface area contributed by atoms with Gasteiger partial charge in [0.1, 0.15) is 5.82 Å². The van der Waals surface area contributed by atoms with E-state index in [4.69, 9.17) is 0 Å². The number of benzene rings is 1. The molecule has 0 spiro atoms. The van der Waals surface area contributed by atoms with Gasteiger partial charge in [0.15, 0.2) is 0 Å². The van der Waals surface area contributed by atoms with Crippen LogP contribution in [0.2, 0.25) is 0 Å². The summed E-state index contributed by atoms with van der Waals surface area (Å²) < 4.78 is 36.9. The molecule has 0 heterocycles. The number of anilines is 1. The number of nitrogens with one attached hydrogen (secondary N) is 1. The summed E-state index contributed by atoms with van der Waals surface area (Å²) in [6, 6.07) is 5.43. The van der Waals surface area contributed by atoms with E-state index in [0.717, 1.165) is 6.26 Å². The first-order valence-corrected chi connectivity index (χ1v) is 7.17. The van der Waals surface area contributed by atoms with Gasteiger partial charge in [-0.25, -0.2) is 17.5 Å². The third-order valence-electron chi connectivity index (χ3n) is 2.22.